The predicted molar refractivity (Wildman–Crippen MR) is 94.1 cm³/mol. The second kappa shape index (κ2) is 12.2. The number of amides is 2. The summed E-state index contributed by atoms with van der Waals surface area (Å²) in [7, 11) is 0. The van der Waals surface area contributed by atoms with E-state index >= 15 is 0 Å². The zero-order valence-corrected chi connectivity index (χ0v) is 15.2. The van der Waals surface area contributed by atoms with Gasteiger partial charge in [-0.1, -0.05) is 20.3 Å². The smallest absolute Gasteiger partial charge is 0.326 e. The molecule has 26 heavy (non-hydrogen) atoms. The number of nitrogens with one attached hydrogen (secondary N) is 2. The van der Waals surface area contributed by atoms with Gasteiger partial charge in [0.1, 0.15) is 12.1 Å². The van der Waals surface area contributed by atoms with Gasteiger partial charge in [0.25, 0.3) is 0 Å². The minimum Gasteiger partial charge on any atom is -0.481 e. The third-order valence-electron chi connectivity index (χ3n) is 3.82. The monoisotopic (exact) mass is 374 g/mol. The fraction of sp³-hybridized carbons (Fsp3) is 0.750. The quantitative estimate of drug-likeness (QED) is 0.222. The molecule has 0 radical (unpaired) electrons. The van der Waals surface area contributed by atoms with Crippen LogP contribution in [0.2, 0.25) is 0 Å². The van der Waals surface area contributed by atoms with E-state index in [-0.39, 0.29) is 18.8 Å². The average Bonchev–Trinajstić information content (AvgIpc) is 2.55. The molecule has 0 saturated carbocycles. The van der Waals surface area contributed by atoms with E-state index < -0.39 is 41.9 Å². The Morgan fingerprint density at radius 1 is 0.962 bits per heavy atom. The zero-order valence-electron chi connectivity index (χ0n) is 15.2. The number of rotatable bonds is 13. The van der Waals surface area contributed by atoms with Crippen molar-refractivity contribution in [3.8, 4) is 0 Å². The molecular weight excluding hydrogens is 344 g/mol. The first-order valence-corrected chi connectivity index (χ1v) is 8.61. The van der Waals surface area contributed by atoms with Crippen molar-refractivity contribution < 1.29 is 29.4 Å². The summed E-state index contributed by atoms with van der Waals surface area (Å²) in [6.45, 7) is 3.72. The normalized spacial score (nSPS) is 14.3. The maximum Gasteiger partial charge on any atom is 0.326 e. The van der Waals surface area contributed by atoms with Gasteiger partial charge in [0, 0.05) is 6.42 Å². The molecule has 0 aromatic heterocycles. The minimum absolute atomic E-state index is 0.174. The number of carbonyl (C=O) groups is 4. The van der Waals surface area contributed by atoms with Crippen LogP contribution in [0.25, 0.3) is 0 Å². The summed E-state index contributed by atoms with van der Waals surface area (Å²) in [4.78, 5) is 46.5. The Kier molecular flexibility index (Phi) is 11.2. The Morgan fingerprint density at radius 2 is 1.58 bits per heavy atom. The topological polar surface area (TPSA) is 185 Å². The molecule has 0 fully saturated rings. The number of carboxylic acid groups (broad SMARTS) is 2. The van der Waals surface area contributed by atoms with Crippen molar-refractivity contribution in [2.75, 3.05) is 6.54 Å². The average molecular weight is 374 g/mol. The van der Waals surface area contributed by atoms with Crippen molar-refractivity contribution in [3.05, 3.63) is 0 Å². The second-order valence-electron chi connectivity index (χ2n) is 6.45. The molecule has 8 N–H and O–H groups in total. The zero-order chi connectivity index (χ0) is 20.3. The number of hydrogen-bond donors (Lipinski definition) is 6. The molecule has 10 nitrogen and oxygen atoms in total. The summed E-state index contributed by atoms with van der Waals surface area (Å²) >= 11 is 0. The minimum atomic E-state index is -1.21. The van der Waals surface area contributed by atoms with Gasteiger partial charge in [-0.3, -0.25) is 14.4 Å². The number of unbranched alkanes of at least 4 members (excludes halogenated alkanes) is 1. The molecule has 10 heteroatoms. The lowest BCUT2D eigenvalue weighted by Gasteiger charge is -2.24. The van der Waals surface area contributed by atoms with Crippen LogP contribution in [0.15, 0.2) is 0 Å². The van der Waals surface area contributed by atoms with Gasteiger partial charge in [0.15, 0.2) is 0 Å². The summed E-state index contributed by atoms with van der Waals surface area (Å²) in [5, 5.41) is 22.7. The predicted octanol–water partition coefficient (Wildman–Crippen LogP) is -0.982. The van der Waals surface area contributed by atoms with Gasteiger partial charge in [-0.15, -0.1) is 0 Å². The van der Waals surface area contributed by atoms with Gasteiger partial charge in [-0.25, -0.2) is 4.79 Å². The number of nitrogens with two attached hydrogens (primary N) is 2. The van der Waals surface area contributed by atoms with Gasteiger partial charge in [-0.05, 0) is 31.7 Å². The van der Waals surface area contributed by atoms with Crippen LogP contribution in [-0.4, -0.2) is 58.6 Å². The summed E-state index contributed by atoms with van der Waals surface area (Å²) in [6, 6.07) is -3.19. The van der Waals surface area contributed by atoms with Crippen LogP contribution in [-0.2, 0) is 19.2 Å². The molecule has 3 atom stereocenters. The highest BCUT2D eigenvalue weighted by Gasteiger charge is 2.29. The molecule has 0 aliphatic rings. The van der Waals surface area contributed by atoms with Crippen molar-refractivity contribution in [3.63, 3.8) is 0 Å². The molecule has 0 heterocycles. The van der Waals surface area contributed by atoms with Crippen LogP contribution >= 0.6 is 0 Å². The third kappa shape index (κ3) is 9.33. The third-order valence-corrected chi connectivity index (χ3v) is 3.82. The standard InChI is InChI=1S/C16H30N4O6/c1-9(2)13(16(25)26)20-15(24)11(6-7-12(21)22)19-14(23)10(18)5-3-4-8-17/h9-11,13H,3-8,17-18H2,1-2H3,(H,19,23)(H,20,24)(H,21,22)(H,25,26)/t10-,11-,13-/m0/s1. The van der Waals surface area contributed by atoms with E-state index in [1.54, 1.807) is 13.8 Å². The molecule has 0 rings (SSSR count). The van der Waals surface area contributed by atoms with Crippen LogP contribution in [0.5, 0.6) is 0 Å². The molecule has 0 aliphatic heterocycles. The van der Waals surface area contributed by atoms with E-state index in [0.717, 1.165) is 0 Å². The van der Waals surface area contributed by atoms with Crippen molar-refractivity contribution in [2.45, 2.75) is 64.1 Å². The molecule has 0 bridgehead atoms. The maximum absolute atomic E-state index is 12.4. The van der Waals surface area contributed by atoms with Crippen LogP contribution in [0.3, 0.4) is 0 Å². The van der Waals surface area contributed by atoms with E-state index in [1.165, 1.54) is 0 Å². The number of carboxylic acids is 2. The molecule has 0 aliphatic carbocycles. The van der Waals surface area contributed by atoms with Crippen molar-refractivity contribution >= 4 is 23.8 Å². The Labute approximate surface area is 152 Å². The van der Waals surface area contributed by atoms with E-state index in [1.807, 2.05) is 0 Å². The van der Waals surface area contributed by atoms with Gasteiger partial charge in [0.2, 0.25) is 11.8 Å². The summed E-state index contributed by atoms with van der Waals surface area (Å²) in [5.41, 5.74) is 11.1. The van der Waals surface area contributed by atoms with Gasteiger partial charge in [0.05, 0.1) is 6.04 Å². The van der Waals surface area contributed by atoms with Gasteiger partial charge < -0.3 is 32.3 Å². The molecule has 0 spiro atoms. The lowest BCUT2D eigenvalue weighted by molar-refractivity contribution is -0.144. The number of aliphatic carboxylic acids is 2. The fourth-order valence-corrected chi connectivity index (χ4v) is 2.22. The molecule has 150 valence electrons. The SMILES string of the molecule is CC(C)[C@H](NC(=O)[C@H](CCC(=O)O)NC(=O)[C@@H](N)CCCCN)C(=O)O. The molecule has 0 saturated heterocycles. The van der Waals surface area contributed by atoms with E-state index in [4.69, 9.17) is 21.7 Å². The highest BCUT2D eigenvalue weighted by atomic mass is 16.4. The Hall–Kier alpha value is -2.20. The van der Waals surface area contributed by atoms with E-state index in [9.17, 15) is 19.2 Å². The first-order chi connectivity index (χ1) is 12.1. The molecular formula is C16H30N4O6. The molecule has 0 aromatic carbocycles. The van der Waals surface area contributed by atoms with Gasteiger partial charge >= 0.3 is 11.9 Å². The van der Waals surface area contributed by atoms with Crippen LogP contribution in [0, 0.1) is 5.92 Å². The first kappa shape index (κ1) is 23.8. The Bertz CT molecular complexity index is 497. The molecule has 0 unspecified atom stereocenters. The number of hydrogen-bond acceptors (Lipinski definition) is 6. The van der Waals surface area contributed by atoms with Crippen LogP contribution in [0.1, 0.15) is 46.0 Å². The highest BCUT2D eigenvalue weighted by molar-refractivity contribution is 5.92. The highest BCUT2D eigenvalue weighted by Crippen LogP contribution is 2.06. The van der Waals surface area contributed by atoms with Crippen LogP contribution in [0.4, 0.5) is 0 Å². The van der Waals surface area contributed by atoms with E-state index in [0.29, 0.717) is 25.8 Å². The second-order valence-corrected chi connectivity index (χ2v) is 6.45. The maximum atomic E-state index is 12.4. The summed E-state index contributed by atoms with van der Waals surface area (Å²) < 4.78 is 0. The Balaban J connectivity index is 4.97. The van der Waals surface area contributed by atoms with Gasteiger partial charge in [-0.2, -0.15) is 0 Å². The van der Waals surface area contributed by atoms with E-state index in [2.05, 4.69) is 10.6 Å². The lowest BCUT2D eigenvalue weighted by atomic mass is 10.0. The van der Waals surface area contributed by atoms with Crippen molar-refractivity contribution in [2.24, 2.45) is 17.4 Å². The van der Waals surface area contributed by atoms with Crippen molar-refractivity contribution in [1.29, 1.82) is 0 Å². The number of carbonyl (C=O) groups excluding carboxylic acids is 2. The molecule has 0 aromatic rings. The Morgan fingerprint density at radius 3 is 2.04 bits per heavy atom. The summed E-state index contributed by atoms with van der Waals surface area (Å²) in [5.74, 6) is -4.08. The lowest BCUT2D eigenvalue weighted by Crippen LogP contribution is -2.55. The fourth-order valence-electron chi connectivity index (χ4n) is 2.22. The largest absolute Gasteiger partial charge is 0.481 e. The van der Waals surface area contributed by atoms with Crippen molar-refractivity contribution in [1.82, 2.24) is 10.6 Å². The van der Waals surface area contributed by atoms with Crippen LogP contribution < -0.4 is 22.1 Å². The summed E-state index contributed by atoms with van der Waals surface area (Å²) in [6.07, 6.45) is 1.19. The molecule has 2 amide bonds. The first-order valence-electron chi connectivity index (χ1n) is 8.61.